The molecule has 1 fully saturated rings. The number of carbonyl (C=O) groups excluding carboxylic acids is 1. The van der Waals surface area contributed by atoms with Gasteiger partial charge in [0, 0.05) is 18.4 Å². The van der Waals surface area contributed by atoms with Crippen LogP contribution < -0.4 is 5.32 Å². The largest absolute Gasteiger partial charge is 0.352 e. The lowest BCUT2D eigenvalue weighted by Gasteiger charge is -2.22. The summed E-state index contributed by atoms with van der Waals surface area (Å²) in [5, 5.41) is 3.10. The molecule has 1 heterocycles. The van der Waals surface area contributed by atoms with Gasteiger partial charge in [0.15, 0.2) is 0 Å². The molecule has 0 bridgehead atoms. The first kappa shape index (κ1) is 11.2. The second-order valence-electron chi connectivity index (χ2n) is 4.50. The first-order valence-corrected chi connectivity index (χ1v) is 6.03. The third kappa shape index (κ3) is 2.84. The minimum Gasteiger partial charge on any atom is -0.352 e. The molecule has 0 spiro atoms. The molecule has 1 aromatic heterocycles. The molecule has 4 nitrogen and oxygen atoms in total. The van der Waals surface area contributed by atoms with Crippen molar-refractivity contribution in [2.45, 2.75) is 51.6 Å². The molecule has 1 amide bonds. The number of carbonyl (C=O) groups is 1. The van der Waals surface area contributed by atoms with Gasteiger partial charge in [-0.2, -0.15) is 0 Å². The Kier molecular flexibility index (Phi) is 3.59. The van der Waals surface area contributed by atoms with Gasteiger partial charge in [-0.1, -0.05) is 19.3 Å². The number of hydrogen-bond acceptors (Lipinski definition) is 2. The Balaban J connectivity index is 1.82. The summed E-state index contributed by atoms with van der Waals surface area (Å²) in [7, 11) is 0. The number of hydrogen-bond donors (Lipinski definition) is 1. The van der Waals surface area contributed by atoms with E-state index in [1.165, 1.54) is 19.3 Å². The zero-order chi connectivity index (χ0) is 11.4. The smallest absolute Gasteiger partial charge is 0.240 e. The van der Waals surface area contributed by atoms with Gasteiger partial charge in [-0.05, 0) is 19.8 Å². The molecule has 1 saturated carbocycles. The van der Waals surface area contributed by atoms with Crippen LogP contribution in [0, 0.1) is 6.92 Å². The van der Waals surface area contributed by atoms with Crippen LogP contribution in [0.1, 0.15) is 37.9 Å². The van der Waals surface area contributed by atoms with Gasteiger partial charge in [0.2, 0.25) is 5.91 Å². The highest BCUT2D eigenvalue weighted by molar-refractivity contribution is 5.76. The van der Waals surface area contributed by atoms with Crippen molar-refractivity contribution in [3.63, 3.8) is 0 Å². The normalized spacial score (nSPS) is 17.3. The van der Waals surface area contributed by atoms with Crippen LogP contribution >= 0.6 is 0 Å². The Labute approximate surface area is 96.1 Å². The van der Waals surface area contributed by atoms with Crippen molar-refractivity contribution in [3.05, 3.63) is 18.2 Å². The highest BCUT2D eigenvalue weighted by atomic mass is 16.2. The lowest BCUT2D eigenvalue weighted by molar-refractivity contribution is -0.122. The maximum atomic E-state index is 11.8. The molecule has 0 atom stereocenters. The summed E-state index contributed by atoms with van der Waals surface area (Å²) in [6, 6.07) is 0.394. The van der Waals surface area contributed by atoms with E-state index in [2.05, 4.69) is 10.3 Å². The number of aryl methyl sites for hydroxylation is 1. The van der Waals surface area contributed by atoms with Crippen molar-refractivity contribution < 1.29 is 4.79 Å². The van der Waals surface area contributed by atoms with Crippen molar-refractivity contribution >= 4 is 5.91 Å². The first-order valence-electron chi connectivity index (χ1n) is 6.03. The summed E-state index contributed by atoms with van der Waals surface area (Å²) in [5.41, 5.74) is 0. The van der Waals surface area contributed by atoms with Crippen molar-refractivity contribution in [3.8, 4) is 0 Å². The van der Waals surface area contributed by atoms with E-state index in [0.29, 0.717) is 12.6 Å². The Morgan fingerprint density at radius 2 is 2.25 bits per heavy atom. The monoisotopic (exact) mass is 221 g/mol. The van der Waals surface area contributed by atoms with Gasteiger partial charge in [0.25, 0.3) is 0 Å². The third-order valence-electron chi connectivity index (χ3n) is 3.21. The van der Waals surface area contributed by atoms with E-state index in [9.17, 15) is 4.79 Å². The quantitative estimate of drug-likeness (QED) is 0.843. The number of nitrogens with zero attached hydrogens (tertiary/aromatic N) is 2. The van der Waals surface area contributed by atoms with Crippen LogP contribution in [-0.2, 0) is 11.3 Å². The second-order valence-corrected chi connectivity index (χ2v) is 4.50. The maximum Gasteiger partial charge on any atom is 0.240 e. The Morgan fingerprint density at radius 3 is 2.88 bits per heavy atom. The van der Waals surface area contributed by atoms with Crippen molar-refractivity contribution in [2.24, 2.45) is 0 Å². The van der Waals surface area contributed by atoms with Crippen molar-refractivity contribution in [2.75, 3.05) is 0 Å². The summed E-state index contributed by atoms with van der Waals surface area (Å²) in [5.74, 6) is 0.992. The van der Waals surface area contributed by atoms with Gasteiger partial charge in [-0.3, -0.25) is 4.79 Å². The predicted octanol–water partition coefficient (Wildman–Crippen LogP) is 1.64. The van der Waals surface area contributed by atoms with Crippen LogP contribution in [-0.4, -0.2) is 21.5 Å². The third-order valence-corrected chi connectivity index (χ3v) is 3.21. The maximum absolute atomic E-state index is 11.8. The molecule has 4 heteroatoms. The lowest BCUT2D eigenvalue weighted by Crippen LogP contribution is -2.38. The molecular formula is C12H19N3O. The molecule has 16 heavy (non-hydrogen) atoms. The number of rotatable bonds is 3. The van der Waals surface area contributed by atoms with E-state index in [0.717, 1.165) is 18.7 Å². The van der Waals surface area contributed by atoms with E-state index in [-0.39, 0.29) is 5.91 Å². The van der Waals surface area contributed by atoms with Crippen LogP contribution in [0.3, 0.4) is 0 Å². The van der Waals surface area contributed by atoms with Crippen molar-refractivity contribution in [1.82, 2.24) is 14.9 Å². The summed E-state index contributed by atoms with van der Waals surface area (Å²) >= 11 is 0. The summed E-state index contributed by atoms with van der Waals surface area (Å²) in [6.07, 6.45) is 9.64. The zero-order valence-electron chi connectivity index (χ0n) is 9.78. The van der Waals surface area contributed by atoms with Gasteiger partial charge < -0.3 is 9.88 Å². The van der Waals surface area contributed by atoms with Gasteiger partial charge >= 0.3 is 0 Å². The van der Waals surface area contributed by atoms with Gasteiger partial charge in [0.05, 0.1) is 0 Å². The van der Waals surface area contributed by atoms with Crippen LogP contribution in [0.4, 0.5) is 0 Å². The lowest BCUT2D eigenvalue weighted by atomic mass is 9.95. The van der Waals surface area contributed by atoms with Crippen LogP contribution in [0.25, 0.3) is 0 Å². The fraction of sp³-hybridized carbons (Fsp3) is 0.667. The highest BCUT2D eigenvalue weighted by Crippen LogP contribution is 2.17. The summed E-state index contributed by atoms with van der Waals surface area (Å²) in [6.45, 7) is 2.30. The number of imidazole rings is 1. The molecule has 0 aliphatic heterocycles. The molecule has 0 aromatic carbocycles. The van der Waals surface area contributed by atoms with E-state index in [1.54, 1.807) is 6.20 Å². The van der Waals surface area contributed by atoms with E-state index in [4.69, 9.17) is 0 Å². The van der Waals surface area contributed by atoms with Crippen LogP contribution in [0.5, 0.6) is 0 Å². The highest BCUT2D eigenvalue weighted by Gasteiger charge is 2.15. The molecule has 0 unspecified atom stereocenters. The predicted molar refractivity (Wildman–Crippen MR) is 62.0 cm³/mol. The summed E-state index contributed by atoms with van der Waals surface area (Å²) < 4.78 is 1.87. The molecule has 88 valence electrons. The minimum atomic E-state index is 0.105. The number of nitrogens with one attached hydrogen (secondary N) is 1. The average molecular weight is 221 g/mol. The average Bonchev–Trinajstić information content (AvgIpc) is 2.66. The first-order chi connectivity index (χ1) is 7.75. The van der Waals surface area contributed by atoms with Gasteiger partial charge in [-0.15, -0.1) is 0 Å². The molecule has 1 N–H and O–H groups in total. The molecule has 1 aromatic rings. The zero-order valence-corrected chi connectivity index (χ0v) is 9.78. The standard InChI is InChI=1S/C12H19N3O/c1-10-13-7-8-15(10)9-12(16)14-11-5-3-2-4-6-11/h7-8,11H,2-6,9H2,1H3,(H,14,16). The number of aromatic nitrogens is 2. The SMILES string of the molecule is Cc1nccn1CC(=O)NC1CCCCC1. The molecule has 2 rings (SSSR count). The topological polar surface area (TPSA) is 46.9 Å². The Morgan fingerprint density at radius 1 is 1.50 bits per heavy atom. The van der Waals surface area contributed by atoms with E-state index >= 15 is 0 Å². The van der Waals surface area contributed by atoms with E-state index in [1.807, 2.05) is 17.7 Å². The van der Waals surface area contributed by atoms with Gasteiger partial charge in [0.1, 0.15) is 12.4 Å². The van der Waals surface area contributed by atoms with Crippen LogP contribution in [0.2, 0.25) is 0 Å². The number of amides is 1. The Hall–Kier alpha value is -1.32. The Bertz CT molecular complexity index is 353. The van der Waals surface area contributed by atoms with Crippen LogP contribution in [0.15, 0.2) is 12.4 Å². The van der Waals surface area contributed by atoms with E-state index < -0.39 is 0 Å². The van der Waals surface area contributed by atoms with Crippen molar-refractivity contribution in [1.29, 1.82) is 0 Å². The molecule has 0 saturated heterocycles. The molecular weight excluding hydrogens is 202 g/mol. The summed E-state index contributed by atoms with van der Waals surface area (Å²) in [4.78, 5) is 15.9. The molecule has 0 radical (unpaired) electrons. The molecule has 1 aliphatic rings. The minimum absolute atomic E-state index is 0.105. The fourth-order valence-corrected chi connectivity index (χ4v) is 2.25. The van der Waals surface area contributed by atoms with Gasteiger partial charge in [-0.25, -0.2) is 4.98 Å². The fourth-order valence-electron chi connectivity index (χ4n) is 2.25. The second kappa shape index (κ2) is 5.14. The molecule has 1 aliphatic carbocycles.